The van der Waals surface area contributed by atoms with Crippen LogP contribution in [0.1, 0.15) is 0 Å². The average Bonchev–Trinajstić information content (AvgIpc) is 2.33. The highest BCUT2D eigenvalue weighted by molar-refractivity contribution is 14.2. The third-order valence-corrected chi connectivity index (χ3v) is 2.76. The van der Waals surface area contributed by atoms with Gasteiger partial charge in [-0.2, -0.15) is 0 Å². The first-order chi connectivity index (χ1) is 4.47. The third-order valence-electron chi connectivity index (χ3n) is 1.18. The van der Waals surface area contributed by atoms with Crippen LogP contribution in [0.5, 0.6) is 0 Å². The Morgan fingerprint density at radius 3 is 3.11 bits per heavy atom. The first kappa shape index (κ1) is 5.34. The van der Waals surface area contributed by atoms with Crippen molar-refractivity contribution in [3.8, 4) is 0 Å². The lowest BCUT2D eigenvalue weighted by Crippen LogP contribution is -1.72. The minimum absolute atomic E-state index is 0.113. The first-order valence-electron chi connectivity index (χ1n) is 2.66. The van der Waals surface area contributed by atoms with Crippen molar-refractivity contribution >= 4 is 32.7 Å². The van der Waals surface area contributed by atoms with Crippen LogP contribution in [0.4, 0.5) is 11.4 Å². The Morgan fingerprint density at radius 2 is 2.22 bits per heavy atom. The second kappa shape index (κ2) is 2.06. The van der Waals surface area contributed by atoms with Crippen LogP contribution >= 0.6 is 21.3 Å². The summed E-state index contributed by atoms with van der Waals surface area (Å²) in [7, 11) is 0. The number of hydrogen-bond acceptors (Lipinski definition) is 2. The van der Waals surface area contributed by atoms with Crippen molar-refractivity contribution in [3.05, 3.63) is 24.3 Å². The molecule has 0 atom stereocenters. The van der Waals surface area contributed by atoms with Gasteiger partial charge in [-0.05, 0) is 12.1 Å². The highest BCUT2D eigenvalue weighted by Gasteiger charge is 2.01. The molecule has 1 N–H and O–H groups in total. The van der Waals surface area contributed by atoms with E-state index in [0.29, 0.717) is 0 Å². The summed E-state index contributed by atoms with van der Waals surface area (Å²) in [5, 5.41) is 0. The molecule has 0 aromatic heterocycles. The number of nitrogens with zero attached hydrogens (tertiary/aromatic N) is 1. The molecule has 0 fully saturated rings. The topological polar surface area (TPSA) is 24.4 Å². The molecule has 2 nitrogen and oxygen atoms in total. The number of halogens is 1. The van der Waals surface area contributed by atoms with Crippen LogP contribution in [0.25, 0.3) is 0 Å². The van der Waals surface area contributed by atoms with Crippen molar-refractivity contribution < 1.29 is 0 Å². The SMILES string of the molecule is c1ccc2c(c1)N=IN2. The van der Waals surface area contributed by atoms with E-state index in [9.17, 15) is 0 Å². The molecule has 0 aliphatic carbocycles. The molecule has 0 saturated carbocycles. The monoisotopic (exact) mass is 232 g/mol. The van der Waals surface area contributed by atoms with E-state index in [1.165, 1.54) is 5.69 Å². The summed E-state index contributed by atoms with van der Waals surface area (Å²) < 4.78 is 7.54. The number of hydrogen-bond donors (Lipinski definition) is 1. The number of anilines is 1. The highest BCUT2D eigenvalue weighted by Crippen LogP contribution is 2.35. The molecule has 0 amide bonds. The Bertz CT molecular complexity index is 257. The molecule has 0 radical (unpaired) electrons. The normalized spacial score (nSPS) is 13.8. The van der Waals surface area contributed by atoms with Crippen LogP contribution in [0.2, 0.25) is 0 Å². The molecule has 46 valence electrons. The standard InChI is InChI=1S/C6H5IN2/c1-2-4-6-5(3-1)8-7-9-6/h1-4H,(H,8,9). The Balaban J connectivity index is 2.63. The van der Waals surface area contributed by atoms with Crippen molar-refractivity contribution in [2.75, 3.05) is 3.53 Å². The Hall–Kier alpha value is -0.450. The zero-order valence-electron chi connectivity index (χ0n) is 4.63. The van der Waals surface area contributed by atoms with Gasteiger partial charge in [0.25, 0.3) is 0 Å². The molecule has 0 saturated heterocycles. The van der Waals surface area contributed by atoms with Crippen LogP contribution in [0.15, 0.2) is 27.4 Å². The Morgan fingerprint density at radius 1 is 1.33 bits per heavy atom. The number of fused-ring (bicyclic) bond motifs is 1. The van der Waals surface area contributed by atoms with Crippen LogP contribution in [-0.2, 0) is 0 Å². The van der Waals surface area contributed by atoms with E-state index < -0.39 is 0 Å². The molecule has 9 heavy (non-hydrogen) atoms. The van der Waals surface area contributed by atoms with Gasteiger partial charge in [-0.1, -0.05) is 12.1 Å². The highest BCUT2D eigenvalue weighted by atomic mass is 127. The van der Waals surface area contributed by atoms with E-state index in [4.69, 9.17) is 0 Å². The average molecular weight is 232 g/mol. The van der Waals surface area contributed by atoms with Gasteiger partial charge >= 0.3 is 0 Å². The van der Waals surface area contributed by atoms with Gasteiger partial charge in [0.05, 0.1) is 11.4 Å². The number of para-hydroxylation sites is 1. The quantitative estimate of drug-likeness (QED) is 0.539. The Labute approximate surface area is 63.8 Å². The van der Waals surface area contributed by atoms with Gasteiger partial charge in [0, 0.05) is 0 Å². The smallest absolute Gasteiger partial charge is 0.118 e. The molecule has 1 aromatic carbocycles. The molecule has 0 spiro atoms. The van der Waals surface area contributed by atoms with Gasteiger partial charge in [-0.25, -0.2) is 3.15 Å². The van der Waals surface area contributed by atoms with Crippen molar-refractivity contribution in [1.29, 1.82) is 0 Å². The fraction of sp³-hybridized carbons (Fsp3) is 0. The molecule has 2 rings (SSSR count). The first-order valence-corrected chi connectivity index (χ1v) is 4.70. The van der Waals surface area contributed by atoms with E-state index in [-0.39, 0.29) is 21.3 Å². The summed E-state index contributed by atoms with van der Waals surface area (Å²) in [6, 6.07) is 8.14. The molecule has 1 aliphatic heterocycles. The number of benzene rings is 1. The van der Waals surface area contributed by atoms with Crippen molar-refractivity contribution in [1.82, 2.24) is 0 Å². The van der Waals surface area contributed by atoms with E-state index >= 15 is 0 Å². The second-order valence-electron chi connectivity index (χ2n) is 1.78. The summed E-state index contributed by atoms with van der Waals surface area (Å²) >= 11 is -0.113. The fourth-order valence-corrected chi connectivity index (χ4v) is 2.26. The van der Waals surface area contributed by atoms with E-state index in [0.717, 1.165) is 5.69 Å². The largest absolute Gasteiger partial charge is 0.317 e. The molecular formula is C6H5IN2. The van der Waals surface area contributed by atoms with Crippen LogP contribution in [-0.4, -0.2) is 0 Å². The molecular weight excluding hydrogens is 227 g/mol. The van der Waals surface area contributed by atoms with E-state index in [2.05, 4.69) is 12.7 Å². The van der Waals surface area contributed by atoms with Crippen molar-refractivity contribution in [3.63, 3.8) is 0 Å². The lowest BCUT2D eigenvalue weighted by molar-refractivity contribution is 1.60. The molecule has 1 heterocycles. The molecule has 1 aliphatic rings. The van der Waals surface area contributed by atoms with Gasteiger partial charge in [0.2, 0.25) is 0 Å². The molecule has 0 unspecified atom stereocenters. The van der Waals surface area contributed by atoms with Gasteiger partial charge < -0.3 is 3.53 Å². The zero-order chi connectivity index (χ0) is 6.10. The minimum atomic E-state index is -0.113. The van der Waals surface area contributed by atoms with Gasteiger partial charge in [0.15, 0.2) is 0 Å². The predicted octanol–water partition coefficient (Wildman–Crippen LogP) is 2.81. The van der Waals surface area contributed by atoms with E-state index in [1.54, 1.807) is 0 Å². The molecule has 3 heteroatoms. The summed E-state index contributed by atoms with van der Waals surface area (Å²) in [5.41, 5.74) is 2.33. The second-order valence-corrected chi connectivity index (χ2v) is 3.28. The van der Waals surface area contributed by atoms with Gasteiger partial charge in [-0.3, -0.25) is 0 Å². The van der Waals surface area contributed by atoms with E-state index in [1.807, 2.05) is 18.2 Å². The third kappa shape index (κ3) is 0.849. The van der Waals surface area contributed by atoms with Crippen LogP contribution < -0.4 is 3.53 Å². The number of nitrogens with one attached hydrogen (secondary N) is 1. The fourth-order valence-electron chi connectivity index (χ4n) is 0.739. The molecule has 0 bridgehead atoms. The lowest BCUT2D eigenvalue weighted by atomic mass is 10.3. The van der Waals surface area contributed by atoms with Crippen LogP contribution in [0, 0.1) is 0 Å². The minimum Gasteiger partial charge on any atom is -0.317 e. The molecule has 1 aromatic rings. The van der Waals surface area contributed by atoms with Gasteiger partial charge in [-0.15, -0.1) is 0 Å². The maximum atomic E-state index is 4.30. The maximum Gasteiger partial charge on any atom is 0.118 e. The summed E-state index contributed by atoms with van der Waals surface area (Å²) in [5.74, 6) is 0. The lowest BCUT2D eigenvalue weighted by Gasteiger charge is -1.91. The Kier molecular flexibility index (Phi) is 1.22. The zero-order valence-corrected chi connectivity index (χ0v) is 6.79. The van der Waals surface area contributed by atoms with Crippen LogP contribution in [0.3, 0.4) is 0 Å². The maximum absolute atomic E-state index is 4.30. The summed E-state index contributed by atoms with van der Waals surface area (Å²) in [6.45, 7) is 0. The number of rotatable bonds is 0. The predicted molar refractivity (Wildman–Crippen MR) is 46.2 cm³/mol. The van der Waals surface area contributed by atoms with Crippen molar-refractivity contribution in [2.45, 2.75) is 0 Å². The van der Waals surface area contributed by atoms with Crippen molar-refractivity contribution in [2.24, 2.45) is 3.15 Å². The van der Waals surface area contributed by atoms with Gasteiger partial charge in [0.1, 0.15) is 21.3 Å². The summed E-state index contributed by atoms with van der Waals surface area (Å²) in [4.78, 5) is 0. The summed E-state index contributed by atoms with van der Waals surface area (Å²) in [6.07, 6.45) is 0.